The first-order chi connectivity index (χ1) is 10.1. The molecule has 1 heterocycles. The molecule has 1 unspecified atom stereocenters. The Morgan fingerprint density at radius 3 is 2.76 bits per heavy atom. The van der Waals surface area contributed by atoms with Crippen molar-refractivity contribution in [2.75, 3.05) is 26.8 Å². The molecule has 21 heavy (non-hydrogen) atoms. The van der Waals surface area contributed by atoms with Gasteiger partial charge in [0.05, 0.1) is 6.61 Å². The fraction of sp³-hybridized carbons (Fsp3) is 0.467. The van der Waals surface area contributed by atoms with Gasteiger partial charge in [0.1, 0.15) is 0 Å². The third-order valence-electron chi connectivity index (χ3n) is 3.62. The number of aliphatic carboxylic acids is 1. The van der Waals surface area contributed by atoms with Gasteiger partial charge < -0.3 is 20.1 Å². The maximum Gasteiger partial charge on any atom is 0.330 e. The van der Waals surface area contributed by atoms with Crippen LogP contribution in [0.25, 0.3) is 0 Å². The molecule has 2 rings (SSSR count). The highest BCUT2D eigenvalue weighted by atomic mass is 16.5. The van der Waals surface area contributed by atoms with Gasteiger partial charge in [-0.25, -0.2) is 9.59 Å². The summed E-state index contributed by atoms with van der Waals surface area (Å²) in [6.45, 7) is 1.84. The molecule has 0 spiro atoms. The number of carbonyl (C=O) groups is 2. The van der Waals surface area contributed by atoms with Crippen molar-refractivity contribution < 1.29 is 19.4 Å². The first-order valence-electron chi connectivity index (χ1n) is 6.94. The predicted molar refractivity (Wildman–Crippen MR) is 76.9 cm³/mol. The zero-order valence-electron chi connectivity index (χ0n) is 12.0. The van der Waals surface area contributed by atoms with E-state index in [0.29, 0.717) is 31.2 Å². The first-order valence-corrected chi connectivity index (χ1v) is 6.94. The number of methoxy groups -OCH3 is 1. The van der Waals surface area contributed by atoms with Gasteiger partial charge in [0.2, 0.25) is 0 Å². The number of carboxylic acids is 1. The van der Waals surface area contributed by atoms with Crippen LogP contribution in [-0.4, -0.2) is 48.8 Å². The highest BCUT2D eigenvalue weighted by Crippen LogP contribution is 2.18. The summed E-state index contributed by atoms with van der Waals surface area (Å²) in [4.78, 5) is 25.2. The summed E-state index contributed by atoms with van der Waals surface area (Å²) < 4.78 is 5.09. The van der Waals surface area contributed by atoms with Crippen LogP contribution in [0.15, 0.2) is 30.3 Å². The Balaban J connectivity index is 1.98. The number of likely N-dealkylation sites (tertiary alicyclic amines) is 1. The molecule has 1 saturated heterocycles. The first kappa shape index (κ1) is 15.3. The maximum absolute atomic E-state index is 12.2. The van der Waals surface area contributed by atoms with Gasteiger partial charge in [-0.15, -0.1) is 0 Å². The van der Waals surface area contributed by atoms with Crippen molar-refractivity contribution in [3.8, 4) is 0 Å². The lowest BCUT2D eigenvalue weighted by Gasteiger charge is -2.21. The van der Waals surface area contributed by atoms with Crippen molar-refractivity contribution >= 4 is 12.0 Å². The van der Waals surface area contributed by atoms with E-state index in [-0.39, 0.29) is 6.03 Å². The van der Waals surface area contributed by atoms with E-state index in [4.69, 9.17) is 4.74 Å². The zero-order valence-corrected chi connectivity index (χ0v) is 12.0. The molecular weight excluding hydrogens is 272 g/mol. The highest BCUT2D eigenvalue weighted by Gasteiger charge is 2.29. The Morgan fingerprint density at radius 1 is 1.43 bits per heavy atom. The number of carbonyl (C=O) groups excluding carboxylic acids is 1. The minimum Gasteiger partial charge on any atom is -0.479 e. The molecule has 6 nitrogen and oxygen atoms in total. The number of hydrogen-bond donors (Lipinski definition) is 2. The van der Waals surface area contributed by atoms with Crippen molar-refractivity contribution in [3.63, 3.8) is 0 Å². The fourth-order valence-electron chi connectivity index (χ4n) is 2.54. The molecule has 0 radical (unpaired) electrons. The Bertz CT molecular complexity index is 492. The second-order valence-electron chi connectivity index (χ2n) is 5.19. The Kier molecular flexibility index (Phi) is 5.16. The summed E-state index contributed by atoms with van der Waals surface area (Å²) in [6.07, 6.45) is 0.879. The van der Waals surface area contributed by atoms with Crippen LogP contribution in [0.2, 0.25) is 0 Å². The van der Waals surface area contributed by atoms with E-state index in [2.05, 4.69) is 5.32 Å². The molecule has 2 N–H and O–H groups in total. The van der Waals surface area contributed by atoms with Crippen LogP contribution >= 0.6 is 0 Å². The lowest BCUT2D eigenvalue weighted by Crippen LogP contribution is -2.42. The van der Waals surface area contributed by atoms with E-state index >= 15 is 0 Å². The fourth-order valence-corrected chi connectivity index (χ4v) is 2.54. The Labute approximate surface area is 123 Å². The van der Waals surface area contributed by atoms with Crippen molar-refractivity contribution in [3.05, 3.63) is 35.9 Å². The minimum atomic E-state index is -1.07. The molecule has 0 aliphatic carbocycles. The maximum atomic E-state index is 12.2. The van der Waals surface area contributed by atoms with E-state index < -0.39 is 12.0 Å². The number of rotatable bonds is 5. The number of amides is 2. The molecule has 1 aliphatic rings. The average molecular weight is 292 g/mol. The molecular formula is C15H20N2O4. The van der Waals surface area contributed by atoms with Crippen molar-refractivity contribution in [1.82, 2.24) is 10.2 Å². The number of nitrogens with one attached hydrogen (secondary N) is 1. The second-order valence-corrected chi connectivity index (χ2v) is 5.19. The molecule has 2 amide bonds. The number of carboxylic acid groups (broad SMARTS) is 1. The van der Waals surface area contributed by atoms with Crippen molar-refractivity contribution in [2.24, 2.45) is 5.92 Å². The van der Waals surface area contributed by atoms with Gasteiger partial charge in [0, 0.05) is 26.1 Å². The van der Waals surface area contributed by atoms with Crippen LogP contribution in [0.4, 0.5) is 4.79 Å². The molecule has 1 aromatic carbocycles. The van der Waals surface area contributed by atoms with E-state index in [1.54, 1.807) is 42.3 Å². The lowest BCUT2D eigenvalue weighted by molar-refractivity contribution is -0.139. The quantitative estimate of drug-likeness (QED) is 0.862. The van der Waals surface area contributed by atoms with Crippen LogP contribution in [0.3, 0.4) is 0 Å². The van der Waals surface area contributed by atoms with Crippen molar-refractivity contribution in [2.45, 2.75) is 12.5 Å². The number of urea groups is 1. The summed E-state index contributed by atoms with van der Waals surface area (Å²) in [5, 5.41) is 11.9. The highest BCUT2D eigenvalue weighted by molar-refractivity contribution is 5.83. The van der Waals surface area contributed by atoms with Gasteiger partial charge >= 0.3 is 12.0 Å². The van der Waals surface area contributed by atoms with Gasteiger partial charge in [0.25, 0.3) is 0 Å². The summed E-state index contributed by atoms with van der Waals surface area (Å²) in [5.74, 6) is -0.747. The smallest absolute Gasteiger partial charge is 0.330 e. The van der Waals surface area contributed by atoms with Crippen LogP contribution in [0.1, 0.15) is 18.0 Å². The number of benzene rings is 1. The second kappa shape index (κ2) is 7.08. The monoisotopic (exact) mass is 292 g/mol. The molecule has 1 aliphatic heterocycles. The molecule has 0 bridgehead atoms. The SMILES string of the molecule is COCC1CCN(C(=O)N[C@@H](C(=O)O)c2ccccc2)C1. The standard InChI is InChI=1S/C15H20N2O4/c1-21-10-11-7-8-17(9-11)15(20)16-13(14(18)19)12-5-3-2-4-6-12/h2-6,11,13H,7-10H2,1H3,(H,16,20)(H,18,19)/t11?,13-/m1/s1. The average Bonchev–Trinajstić information content (AvgIpc) is 2.94. The molecule has 1 fully saturated rings. The molecule has 0 saturated carbocycles. The molecule has 0 aromatic heterocycles. The minimum absolute atomic E-state index is 0.320. The van der Waals surface area contributed by atoms with Crippen LogP contribution in [0, 0.1) is 5.92 Å². The van der Waals surface area contributed by atoms with Gasteiger partial charge in [-0.1, -0.05) is 30.3 Å². The zero-order chi connectivity index (χ0) is 15.2. The predicted octanol–water partition coefficient (Wildman–Crippen LogP) is 1.49. The number of hydrogen-bond acceptors (Lipinski definition) is 3. The summed E-state index contributed by atoms with van der Waals surface area (Å²) in [6, 6.07) is 7.32. The van der Waals surface area contributed by atoms with Gasteiger partial charge in [-0.3, -0.25) is 0 Å². The molecule has 114 valence electrons. The van der Waals surface area contributed by atoms with Gasteiger partial charge in [-0.2, -0.15) is 0 Å². The third kappa shape index (κ3) is 3.95. The van der Waals surface area contributed by atoms with Crippen LogP contribution in [-0.2, 0) is 9.53 Å². The number of nitrogens with zero attached hydrogens (tertiary/aromatic N) is 1. The van der Waals surface area contributed by atoms with E-state index in [1.165, 1.54) is 0 Å². The molecule has 1 aromatic rings. The number of ether oxygens (including phenoxy) is 1. The largest absolute Gasteiger partial charge is 0.479 e. The van der Waals surface area contributed by atoms with Crippen LogP contribution < -0.4 is 5.32 Å². The van der Waals surface area contributed by atoms with E-state index in [0.717, 1.165) is 6.42 Å². The normalized spacial score (nSPS) is 19.3. The van der Waals surface area contributed by atoms with E-state index in [9.17, 15) is 14.7 Å². The molecule has 6 heteroatoms. The van der Waals surface area contributed by atoms with Crippen LogP contribution in [0.5, 0.6) is 0 Å². The Morgan fingerprint density at radius 2 is 2.14 bits per heavy atom. The summed E-state index contributed by atoms with van der Waals surface area (Å²) >= 11 is 0. The third-order valence-corrected chi connectivity index (χ3v) is 3.62. The van der Waals surface area contributed by atoms with Crippen molar-refractivity contribution in [1.29, 1.82) is 0 Å². The summed E-state index contributed by atoms with van der Waals surface area (Å²) in [7, 11) is 1.64. The van der Waals surface area contributed by atoms with Gasteiger partial charge in [-0.05, 0) is 12.0 Å². The van der Waals surface area contributed by atoms with Gasteiger partial charge in [0.15, 0.2) is 6.04 Å². The molecule has 2 atom stereocenters. The summed E-state index contributed by atoms with van der Waals surface area (Å²) in [5.41, 5.74) is 0.561. The Hall–Kier alpha value is -2.08. The lowest BCUT2D eigenvalue weighted by atomic mass is 10.1. The topological polar surface area (TPSA) is 78.9 Å². The van der Waals surface area contributed by atoms with E-state index in [1.807, 2.05) is 0 Å².